The number of alkyl halides is 1. The molecule has 4 rings (SSSR count). The molecular formula is C31H46F2O6. The Morgan fingerprint density at radius 2 is 1.72 bits per heavy atom. The van der Waals surface area contributed by atoms with Crippen LogP contribution < -0.4 is 0 Å². The van der Waals surface area contributed by atoms with Gasteiger partial charge in [-0.15, -0.1) is 0 Å². The molecule has 2 N–H and O–H groups in total. The third kappa shape index (κ3) is 4.36. The van der Waals surface area contributed by atoms with E-state index in [-0.39, 0.29) is 31.6 Å². The predicted molar refractivity (Wildman–Crippen MR) is 144 cm³/mol. The van der Waals surface area contributed by atoms with Gasteiger partial charge in [-0.3, -0.25) is 4.79 Å². The van der Waals surface area contributed by atoms with Gasteiger partial charge in [-0.2, -0.15) is 0 Å². The molecule has 0 aliphatic heterocycles. The summed E-state index contributed by atoms with van der Waals surface area (Å²) in [5.41, 5.74) is -6.57. The van der Waals surface area contributed by atoms with Crippen molar-refractivity contribution in [3.05, 3.63) is 35.4 Å². The van der Waals surface area contributed by atoms with E-state index in [4.69, 9.17) is 14.2 Å². The average Bonchev–Trinajstić information content (AvgIpc) is 3.10. The number of ketones is 1. The van der Waals surface area contributed by atoms with Crippen molar-refractivity contribution in [3.63, 3.8) is 0 Å². The molecule has 8 heteroatoms. The van der Waals surface area contributed by atoms with Crippen LogP contribution in [0.1, 0.15) is 80.1 Å². The number of carbonyl (C=O) groups is 1. The van der Waals surface area contributed by atoms with Gasteiger partial charge in [-0.1, -0.05) is 40.7 Å². The van der Waals surface area contributed by atoms with Crippen LogP contribution in [0.25, 0.3) is 0 Å². The van der Waals surface area contributed by atoms with E-state index in [1.807, 2.05) is 20.8 Å². The second kappa shape index (κ2) is 11.0. The fraction of sp³-hybridized carbons (Fsp3) is 0.774. The topological polar surface area (TPSA) is 85.2 Å². The molecule has 0 radical (unpaired) electrons. The van der Waals surface area contributed by atoms with Crippen molar-refractivity contribution in [3.8, 4) is 0 Å². The third-order valence-electron chi connectivity index (χ3n) is 10.1. The predicted octanol–water partition coefficient (Wildman–Crippen LogP) is 5.73. The number of ether oxygens (including phenoxy) is 3. The van der Waals surface area contributed by atoms with Crippen molar-refractivity contribution in [2.75, 3.05) is 19.8 Å². The number of fused-ring (bicyclic) bond motifs is 5. The Bertz CT molecular complexity index is 1030. The third-order valence-corrected chi connectivity index (χ3v) is 10.1. The molecule has 2 saturated carbocycles. The maximum atomic E-state index is 17.6. The van der Waals surface area contributed by atoms with Crippen LogP contribution in [0, 0.1) is 28.6 Å². The van der Waals surface area contributed by atoms with Gasteiger partial charge in [0.2, 0.25) is 12.1 Å². The zero-order chi connectivity index (χ0) is 28.8. The lowest BCUT2D eigenvalue weighted by Crippen LogP contribution is -2.69. The number of carbonyl (C=O) groups excluding carboxylic acids is 1. The first-order valence-corrected chi connectivity index (χ1v) is 14.7. The molecule has 0 spiro atoms. The minimum absolute atomic E-state index is 0.146. The maximum Gasteiger partial charge on any atom is 0.220 e. The first-order valence-electron chi connectivity index (χ1n) is 14.7. The van der Waals surface area contributed by atoms with Gasteiger partial charge in [-0.05, 0) is 63.0 Å². The van der Waals surface area contributed by atoms with Gasteiger partial charge in [0.15, 0.2) is 5.67 Å². The minimum atomic E-state index is -2.20. The highest BCUT2D eigenvalue weighted by Crippen LogP contribution is 2.71. The normalized spacial score (nSPS) is 41.3. The summed E-state index contributed by atoms with van der Waals surface area (Å²) in [6.07, 6.45) is 4.10. The molecule has 0 amide bonds. The van der Waals surface area contributed by atoms with E-state index in [1.54, 1.807) is 39.0 Å². The van der Waals surface area contributed by atoms with Crippen LogP contribution in [-0.2, 0) is 19.0 Å². The van der Waals surface area contributed by atoms with E-state index in [1.165, 1.54) is 0 Å². The van der Waals surface area contributed by atoms with E-state index < -0.39 is 63.9 Å². The zero-order valence-electron chi connectivity index (χ0n) is 24.3. The summed E-state index contributed by atoms with van der Waals surface area (Å²) in [7, 11) is 0. The second-order valence-electron chi connectivity index (χ2n) is 12.4. The molecule has 6 nitrogen and oxygen atoms in total. The van der Waals surface area contributed by atoms with Gasteiger partial charge >= 0.3 is 0 Å². The summed E-state index contributed by atoms with van der Waals surface area (Å²) in [4.78, 5) is 14.0. The Morgan fingerprint density at radius 1 is 1.10 bits per heavy atom. The number of aliphatic hydroxyl groups is 2. The van der Waals surface area contributed by atoms with Crippen molar-refractivity contribution in [2.24, 2.45) is 28.6 Å². The number of hydrogen-bond acceptors (Lipinski definition) is 6. The lowest BCUT2D eigenvalue weighted by molar-refractivity contribution is -0.229. The van der Waals surface area contributed by atoms with Crippen LogP contribution in [0.4, 0.5) is 8.78 Å². The van der Waals surface area contributed by atoms with Crippen LogP contribution >= 0.6 is 0 Å². The first-order chi connectivity index (χ1) is 18.4. The Kier molecular flexibility index (Phi) is 8.55. The number of allylic oxidation sites excluding steroid dienone is 5. The monoisotopic (exact) mass is 552 g/mol. The molecule has 4 aliphatic carbocycles. The molecule has 39 heavy (non-hydrogen) atoms. The zero-order valence-corrected chi connectivity index (χ0v) is 24.3. The summed E-state index contributed by atoms with van der Waals surface area (Å²) in [6, 6.07) is 0. The van der Waals surface area contributed by atoms with E-state index in [0.29, 0.717) is 31.6 Å². The molecule has 0 bridgehead atoms. The molecule has 0 unspecified atom stereocenters. The Labute approximate surface area is 231 Å². The Morgan fingerprint density at radius 3 is 2.31 bits per heavy atom. The molecule has 0 aromatic rings. The Hall–Kier alpha value is -1.61. The summed E-state index contributed by atoms with van der Waals surface area (Å²) in [5.74, 6) is -2.63. The first kappa shape index (κ1) is 30.4. The smallest absolute Gasteiger partial charge is 0.220 e. The van der Waals surface area contributed by atoms with Crippen molar-refractivity contribution >= 4 is 5.78 Å². The van der Waals surface area contributed by atoms with Crippen LogP contribution in [0.3, 0.4) is 0 Å². The largest absolute Gasteiger partial charge is 0.494 e. The van der Waals surface area contributed by atoms with Crippen molar-refractivity contribution in [1.82, 2.24) is 0 Å². The van der Waals surface area contributed by atoms with E-state index in [0.717, 1.165) is 6.42 Å². The molecule has 0 saturated heterocycles. The van der Waals surface area contributed by atoms with E-state index in [9.17, 15) is 15.0 Å². The Balaban J connectivity index is 1.75. The fourth-order valence-corrected chi connectivity index (χ4v) is 8.02. The summed E-state index contributed by atoms with van der Waals surface area (Å²) < 4.78 is 50.6. The van der Waals surface area contributed by atoms with Crippen LogP contribution in [0.15, 0.2) is 35.4 Å². The van der Waals surface area contributed by atoms with Gasteiger partial charge in [0.1, 0.15) is 17.2 Å². The van der Waals surface area contributed by atoms with Crippen molar-refractivity contribution < 1.29 is 38.0 Å². The van der Waals surface area contributed by atoms with Gasteiger partial charge in [0.25, 0.3) is 0 Å². The minimum Gasteiger partial charge on any atom is -0.494 e. The fourth-order valence-electron chi connectivity index (χ4n) is 8.02. The number of aliphatic hydroxyl groups excluding tert-OH is 1. The van der Waals surface area contributed by atoms with Crippen LogP contribution in [0.2, 0.25) is 0 Å². The number of rotatable bonds is 11. The molecule has 0 aromatic heterocycles. The maximum absolute atomic E-state index is 17.6. The van der Waals surface area contributed by atoms with Crippen molar-refractivity contribution in [1.29, 1.82) is 0 Å². The van der Waals surface area contributed by atoms with Gasteiger partial charge in [0.05, 0.1) is 18.1 Å². The molecule has 0 heterocycles. The summed E-state index contributed by atoms with van der Waals surface area (Å²) in [5, 5.41) is 23.8. The van der Waals surface area contributed by atoms with Gasteiger partial charge in [0, 0.05) is 36.5 Å². The lowest BCUT2D eigenvalue weighted by atomic mass is 9.45. The number of hydrogen-bond donors (Lipinski definition) is 2. The van der Waals surface area contributed by atoms with Gasteiger partial charge in [-0.25, -0.2) is 8.78 Å². The van der Waals surface area contributed by atoms with Gasteiger partial charge < -0.3 is 24.4 Å². The molecular weight excluding hydrogens is 506 g/mol. The summed E-state index contributed by atoms with van der Waals surface area (Å²) in [6.45, 7) is 12.0. The molecule has 0 aromatic carbocycles. The average molecular weight is 553 g/mol. The second-order valence-corrected chi connectivity index (χ2v) is 12.4. The highest BCUT2D eigenvalue weighted by molar-refractivity contribution is 5.92. The molecule has 8 atom stereocenters. The SMILES string of the molecule is CCCOC1=CC2=C(F)C[C@H]3[C@@H]4C[C@@H](C)[C@](O)(C(=O)C(OCCC)OCCC)[C@@]4(C)C[C@H](O)[C@]3(F)[C@@]2(C)C=C1. The lowest BCUT2D eigenvalue weighted by Gasteiger charge is -2.61. The molecule has 4 aliphatic rings. The number of Topliss-reactive ketones (excluding diaryl/α,β-unsaturated/α-hetero) is 1. The van der Waals surface area contributed by atoms with Crippen LogP contribution in [0.5, 0.6) is 0 Å². The highest BCUT2D eigenvalue weighted by Gasteiger charge is 2.76. The number of halogens is 2. The quantitative estimate of drug-likeness (QED) is 0.319. The van der Waals surface area contributed by atoms with E-state index >= 15 is 8.78 Å². The van der Waals surface area contributed by atoms with Crippen LogP contribution in [-0.4, -0.2) is 59.5 Å². The van der Waals surface area contributed by atoms with Crippen molar-refractivity contribution in [2.45, 2.75) is 104 Å². The molecule has 2 fully saturated rings. The standard InChI is InChI=1S/C31H46F2O6/c1-7-12-37-20-10-11-28(5)23(16-20)24(32)17-22-21-15-19(4)31(36,29(21,6)18-25(34)30(22,28)33)26(35)27(38-13-8-2)39-14-9-3/h10-11,16,19,21-22,25,27,34,36H,7-9,12-15,17-18H2,1-6H3/t19-,21+,22+,25+,28+,29+,30+,31+/m1/s1. The molecule has 220 valence electrons. The summed E-state index contributed by atoms with van der Waals surface area (Å²) >= 11 is 0. The highest BCUT2D eigenvalue weighted by atomic mass is 19.1. The van der Waals surface area contributed by atoms with E-state index in [2.05, 4.69) is 0 Å².